The summed E-state index contributed by atoms with van der Waals surface area (Å²) in [6, 6.07) is 9.05. The van der Waals surface area contributed by atoms with Crippen LogP contribution >= 0.6 is 0 Å². The third kappa shape index (κ3) is 6.08. The number of hydrogen-bond acceptors (Lipinski definition) is 3. The van der Waals surface area contributed by atoms with Crippen molar-refractivity contribution in [1.82, 2.24) is 5.32 Å². The standard InChI is InChI=1S/C16H25NO2/c1-16(2,3)19-11-10-18-15-8-4-13(5-9-15)12-17-14-6-7-14/h4-5,8-9,14,17H,6-7,10-12H2,1-3H3. The molecule has 106 valence electrons. The fourth-order valence-corrected chi connectivity index (χ4v) is 1.76. The SMILES string of the molecule is CC(C)(C)OCCOc1ccc(CNC2CC2)cc1. The first-order chi connectivity index (χ1) is 9.03. The summed E-state index contributed by atoms with van der Waals surface area (Å²) in [6.45, 7) is 8.32. The third-order valence-corrected chi connectivity index (χ3v) is 2.98. The van der Waals surface area contributed by atoms with Gasteiger partial charge in [-0.2, -0.15) is 0 Å². The largest absolute Gasteiger partial charge is 0.491 e. The minimum Gasteiger partial charge on any atom is -0.491 e. The molecule has 3 nitrogen and oxygen atoms in total. The molecule has 0 spiro atoms. The van der Waals surface area contributed by atoms with Crippen molar-refractivity contribution in [2.75, 3.05) is 13.2 Å². The van der Waals surface area contributed by atoms with Gasteiger partial charge in [-0.05, 0) is 51.3 Å². The molecule has 1 aliphatic rings. The molecule has 0 heterocycles. The van der Waals surface area contributed by atoms with Crippen molar-refractivity contribution in [3.63, 3.8) is 0 Å². The van der Waals surface area contributed by atoms with Crippen molar-refractivity contribution >= 4 is 0 Å². The zero-order chi connectivity index (χ0) is 13.7. The maximum Gasteiger partial charge on any atom is 0.119 e. The van der Waals surface area contributed by atoms with Gasteiger partial charge >= 0.3 is 0 Å². The van der Waals surface area contributed by atoms with Crippen LogP contribution in [0.4, 0.5) is 0 Å². The van der Waals surface area contributed by atoms with Gasteiger partial charge in [0.25, 0.3) is 0 Å². The number of benzene rings is 1. The van der Waals surface area contributed by atoms with Crippen LogP contribution in [0.2, 0.25) is 0 Å². The maximum atomic E-state index is 5.65. The molecule has 3 heteroatoms. The number of ether oxygens (including phenoxy) is 2. The monoisotopic (exact) mass is 263 g/mol. The summed E-state index contributed by atoms with van der Waals surface area (Å²) in [6.07, 6.45) is 2.66. The van der Waals surface area contributed by atoms with Gasteiger partial charge in [0.2, 0.25) is 0 Å². The molecular weight excluding hydrogens is 238 g/mol. The zero-order valence-corrected chi connectivity index (χ0v) is 12.2. The Labute approximate surface area is 116 Å². The first kappa shape index (κ1) is 14.4. The van der Waals surface area contributed by atoms with Crippen molar-refractivity contribution in [1.29, 1.82) is 0 Å². The molecule has 0 aromatic heterocycles. The highest BCUT2D eigenvalue weighted by Gasteiger charge is 2.19. The Morgan fingerprint density at radius 1 is 1.11 bits per heavy atom. The van der Waals surface area contributed by atoms with Gasteiger partial charge < -0.3 is 14.8 Å². The van der Waals surface area contributed by atoms with Crippen LogP contribution in [-0.4, -0.2) is 24.9 Å². The summed E-state index contributed by atoms with van der Waals surface area (Å²) >= 11 is 0. The zero-order valence-electron chi connectivity index (χ0n) is 12.2. The summed E-state index contributed by atoms with van der Waals surface area (Å²) in [5.41, 5.74) is 1.21. The van der Waals surface area contributed by atoms with Crippen molar-refractivity contribution in [2.24, 2.45) is 0 Å². The Morgan fingerprint density at radius 2 is 1.79 bits per heavy atom. The van der Waals surface area contributed by atoms with Crippen molar-refractivity contribution < 1.29 is 9.47 Å². The fraction of sp³-hybridized carbons (Fsp3) is 0.625. The van der Waals surface area contributed by atoms with Crippen LogP contribution in [0.1, 0.15) is 39.2 Å². The van der Waals surface area contributed by atoms with Crippen molar-refractivity contribution in [3.8, 4) is 5.75 Å². The van der Waals surface area contributed by atoms with Crippen molar-refractivity contribution in [2.45, 2.75) is 51.8 Å². The second kappa shape index (κ2) is 6.40. The van der Waals surface area contributed by atoms with Gasteiger partial charge in [0.1, 0.15) is 12.4 Å². The highest BCUT2D eigenvalue weighted by Crippen LogP contribution is 2.20. The minimum atomic E-state index is -0.0955. The molecule has 19 heavy (non-hydrogen) atoms. The lowest BCUT2D eigenvalue weighted by Crippen LogP contribution is -2.22. The molecule has 1 aromatic rings. The number of hydrogen-bond donors (Lipinski definition) is 1. The summed E-state index contributed by atoms with van der Waals surface area (Å²) < 4.78 is 11.3. The van der Waals surface area contributed by atoms with E-state index in [-0.39, 0.29) is 5.60 Å². The molecule has 1 saturated carbocycles. The topological polar surface area (TPSA) is 30.5 Å². The molecule has 0 saturated heterocycles. The summed E-state index contributed by atoms with van der Waals surface area (Å²) in [7, 11) is 0. The van der Waals surface area contributed by atoms with Gasteiger partial charge in [-0.15, -0.1) is 0 Å². The lowest BCUT2D eigenvalue weighted by atomic mass is 10.2. The van der Waals surface area contributed by atoms with Gasteiger partial charge in [-0.1, -0.05) is 12.1 Å². The number of nitrogens with one attached hydrogen (secondary N) is 1. The first-order valence-corrected chi connectivity index (χ1v) is 7.12. The lowest BCUT2D eigenvalue weighted by Gasteiger charge is -2.19. The van der Waals surface area contributed by atoms with E-state index in [1.165, 1.54) is 18.4 Å². The summed E-state index contributed by atoms with van der Waals surface area (Å²) in [4.78, 5) is 0. The average molecular weight is 263 g/mol. The second-order valence-corrected chi connectivity index (χ2v) is 6.11. The molecule has 1 N–H and O–H groups in total. The van der Waals surface area contributed by atoms with E-state index in [0.29, 0.717) is 13.2 Å². The maximum absolute atomic E-state index is 5.65. The van der Waals surface area contributed by atoms with E-state index in [0.717, 1.165) is 18.3 Å². The highest BCUT2D eigenvalue weighted by molar-refractivity contribution is 5.27. The van der Waals surface area contributed by atoms with Crippen LogP contribution in [0.25, 0.3) is 0 Å². The van der Waals surface area contributed by atoms with Crippen LogP contribution < -0.4 is 10.1 Å². The van der Waals surface area contributed by atoms with Crippen LogP contribution in [0.15, 0.2) is 24.3 Å². The van der Waals surface area contributed by atoms with Crippen LogP contribution in [0.5, 0.6) is 5.75 Å². The lowest BCUT2D eigenvalue weighted by molar-refractivity contribution is -0.0163. The quantitative estimate of drug-likeness (QED) is 0.767. The second-order valence-electron chi connectivity index (χ2n) is 6.11. The average Bonchev–Trinajstić information content (AvgIpc) is 3.16. The van der Waals surface area contributed by atoms with E-state index in [1.807, 2.05) is 12.1 Å². The Kier molecular flexibility index (Phi) is 4.83. The Hall–Kier alpha value is -1.06. The molecule has 0 amide bonds. The van der Waals surface area contributed by atoms with Crippen LogP contribution in [0, 0.1) is 0 Å². The Bertz CT molecular complexity index is 377. The number of rotatable bonds is 7. The van der Waals surface area contributed by atoms with Crippen LogP contribution in [-0.2, 0) is 11.3 Å². The van der Waals surface area contributed by atoms with E-state index in [4.69, 9.17) is 9.47 Å². The molecule has 1 aliphatic carbocycles. The van der Waals surface area contributed by atoms with E-state index < -0.39 is 0 Å². The first-order valence-electron chi connectivity index (χ1n) is 7.12. The molecule has 0 aliphatic heterocycles. The molecule has 0 radical (unpaired) electrons. The van der Waals surface area contributed by atoms with Gasteiger partial charge in [0.15, 0.2) is 0 Å². The van der Waals surface area contributed by atoms with Crippen molar-refractivity contribution in [3.05, 3.63) is 29.8 Å². The normalized spacial score (nSPS) is 15.5. The summed E-state index contributed by atoms with van der Waals surface area (Å²) in [5.74, 6) is 0.910. The van der Waals surface area contributed by atoms with Gasteiger partial charge in [0.05, 0.1) is 12.2 Å². The molecule has 0 bridgehead atoms. The molecular formula is C16H25NO2. The predicted octanol–water partition coefficient (Wildman–Crippen LogP) is 3.13. The fourth-order valence-electron chi connectivity index (χ4n) is 1.76. The van der Waals surface area contributed by atoms with Crippen LogP contribution in [0.3, 0.4) is 0 Å². The summed E-state index contributed by atoms with van der Waals surface area (Å²) in [5, 5.41) is 3.50. The van der Waals surface area contributed by atoms with E-state index in [2.05, 4.69) is 38.2 Å². The van der Waals surface area contributed by atoms with E-state index in [1.54, 1.807) is 0 Å². The molecule has 1 fully saturated rings. The predicted molar refractivity (Wildman–Crippen MR) is 77.5 cm³/mol. The molecule has 1 aromatic carbocycles. The minimum absolute atomic E-state index is 0.0955. The smallest absolute Gasteiger partial charge is 0.119 e. The van der Waals surface area contributed by atoms with E-state index >= 15 is 0 Å². The van der Waals surface area contributed by atoms with Gasteiger partial charge in [-0.25, -0.2) is 0 Å². The molecule has 2 rings (SSSR count). The third-order valence-electron chi connectivity index (χ3n) is 2.98. The van der Waals surface area contributed by atoms with E-state index in [9.17, 15) is 0 Å². The Balaban J connectivity index is 1.66. The molecule has 0 unspecified atom stereocenters. The van der Waals surface area contributed by atoms with Gasteiger partial charge in [0, 0.05) is 12.6 Å². The highest BCUT2D eigenvalue weighted by atomic mass is 16.5. The Morgan fingerprint density at radius 3 is 2.37 bits per heavy atom. The molecule has 0 atom stereocenters. The van der Waals surface area contributed by atoms with Gasteiger partial charge in [-0.3, -0.25) is 0 Å².